The third kappa shape index (κ3) is 4.35. The highest BCUT2D eigenvalue weighted by Gasteiger charge is 2.09. The van der Waals surface area contributed by atoms with Crippen LogP contribution < -0.4 is 15.4 Å². The Morgan fingerprint density at radius 2 is 1.76 bits per heavy atom. The average Bonchev–Trinajstić information content (AvgIpc) is 2.65. The SMILES string of the molecule is CCOc1ccccc1Nc1ccnc(C(=O)Nc2ccccc2)c1. The quantitative estimate of drug-likeness (QED) is 0.698. The van der Waals surface area contributed by atoms with Crippen LogP contribution in [0.25, 0.3) is 0 Å². The molecule has 1 aromatic heterocycles. The van der Waals surface area contributed by atoms with Crippen LogP contribution in [-0.4, -0.2) is 17.5 Å². The summed E-state index contributed by atoms with van der Waals surface area (Å²) in [6.07, 6.45) is 1.60. The first-order valence-electron chi connectivity index (χ1n) is 8.07. The van der Waals surface area contributed by atoms with Gasteiger partial charge in [-0.25, -0.2) is 0 Å². The number of ether oxygens (including phenoxy) is 1. The standard InChI is InChI=1S/C20H19N3O2/c1-2-25-19-11-7-6-10-17(19)22-16-12-13-21-18(14-16)20(24)23-15-8-4-3-5-9-15/h3-14H,2H2,1H3,(H,21,22)(H,23,24). The molecule has 126 valence electrons. The Morgan fingerprint density at radius 1 is 1.00 bits per heavy atom. The highest BCUT2D eigenvalue weighted by atomic mass is 16.5. The number of amides is 1. The largest absolute Gasteiger partial charge is 0.492 e. The lowest BCUT2D eigenvalue weighted by Crippen LogP contribution is -2.13. The Hall–Kier alpha value is -3.34. The van der Waals surface area contributed by atoms with Gasteiger partial charge in [0.1, 0.15) is 11.4 Å². The van der Waals surface area contributed by atoms with E-state index >= 15 is 0 Å². The number of hydrogen-bond donors (Lipinski definition) is 2. The Morgan fingerprint density at radius 3 is 2.56 bits per heavy atom. The topological polar surface area (TPSA) is 63.2 Å². The molecule has 0 unspecified atom stereocenters. The molecule has 0 aliphatic heterocycles. The molecule has 2 N–H and O–H groups in total. The fourth-order valence-electron chi connectivity index (χ4n) is 2.36. The van der Waals surface area contributed by atoms with Crippen LogP contribution in [0.3, 0.4) is 0 Å². The van der Waals surface area contributed by atoms with E-state index in [1.165, 1.54) is 0 Å². The average molecular weight is 333 g/mol. The van der Waals surface area contributed by atoms with E-state index in [-0.39, 0.29) is 5.91 Å². The molecule has 1 amide bonds. The van der Waals surface area contributed by atoms with Gasteiger partial charge in [0.05, 0.1) is 12.3 Å². The van der Waals surface area contributed by atoms with Gasteiger partial charge in [-0.2, -0.15) is 0 Å². The van der Waals surface area contributed by atoms with Crippen LogP contribution in [-0.2, 0) is 0 Å². The van der Waals surface area contributed by atoms with E-state index in [1.807, 2.05) is 67.6 Å². The zero-order chi connectivity index (χ0) is 17.5. The first-order chi connectivity index (χ1) is 12.3. The molecule has 0 aliphatic carbocycles. The minimum Gasteiger partial charge on any atom is -0.492 e. The van der Waals surface area contributed by atoms with Crippen LogP contribution in [0.4, 0.5) is 17.1 Å². The first kappa shape index (κ1) is 16.5. The fourth-order valence-corrected chi connectivity index (χ4v) is 2.36. The van der Waals surface area contributed by atoms with Gasteiger partial charge in [0.2, 0.25) is 0 Å². The Labute approximate surface area is 146 Å². The third-order valence-corrected chi connectivity index (χ3v) is 3.49. The summed E-state index contributed by atoms with van der Waals surface area (Å²) in [7, 11) is 0. The molecule has 0 aliphatic rings. The van der Waals surface area contributed by atoms with Crippen LogP contribution in [0.2, 0.25) is 0 Å². The number of hydrogen-bond acceptors (Lipinski definition) is 4. The lowest BCUT2D eigenvalue weighted by molar-refractivity contribution is 0.102. The van der Waals surface area contributed by atoms with Gasteiger partial charge in [-0.05, 0) is 43.3 Å². The van der Waals surface area contributed by atoms with Gasteiger partial charge in [0, 0.05) is 17.6 Å². The maximum Gasteiger partial charge on any atom is 0.274 e. The molecule has 0 atom stereocenters. The molecule has 1 heterocycles. The predicted octanol–water partition coefficient (Wildman–Crippen LogP) is 4.48. The number of pyridine rings is 1. The van der Waals surface area contributed by atoms with Crippen LogP contribution in [0.5, 0.6) is 5.75 Å². The fraction of sp³-hybridized carbons (Fsp3) is 0.100. The summed E-state index contributed by atoms with van der Waals surface area (Å²) in [6.45, 7) is 2.52. The molecule has 0 saturated carbocycles. The molecule has 0 bridgehead atoms. The van der Waals surface area contributed by atoms with Gasteiger partial charge in [0.15, 0.2) is 0 Å². The highest BCUT2D eigenvalue weighted by Crippen LogP contribution is 2.27. The molecule has 0 fully saturated rings. The van der Waals surface area contributed by atoms with Crippen LogP contribution in [0.1, 0.15) is 17.4 Å². The molecule has 25 heavy (non-hydrogen) atoms. The number of carbonyl (C=O) groups is 1. The lowest BCUT2D eigenvalue weighted by atomic mass is 10.2. The van der Waals surface area contributed by atoms with Crippen molar-refractivity contribution >= 4 is 23.0 Å². The second kappa shape index (κ2) is 7.97. The van der Waals surface area contributed by atoms with Gasteiger partial charge >= 0.3 is 0 Å². The molecular weight excluding hydrogens is 314 g/mol. The maximum atomic E-state index is 12.4. The smallest absolute Gasteiger partial charge is 0.274 e. The maximum absolute atomic E-state index is 12.4. The van der Waals surface area contributed by atoms with Crippen molar-refractivity contribution in [1.29, 1.82) is 0 Å². The van der Waals surface area contributed by atoms with Crippen molar-refractivity contribution in [3.8, 4) is 5.75 Å². The number of para-hydroxylation sites is 3. The van der Waals surface area contributed by atoms with E-state index < -0.39 is 0 Å². The van der Waals surface area contributed by atoms with Crippen LogP contribution in [0, 0.1) is 0 Å². The number of benzene rings is 2. The number of nitrogens with one attached hydrogen (secondary N) is 2. The molecule has 5 nitrogen and oxygen atoms in total. The number of nitrogens with zero attached hydrogens (tertiary/aromatic N) is 1. The summed E-state index contributed by atoms with van der Waals surface area (Å²) in [5.74, 6) is 0.505. The summed E-state index contributed by atoms with van der Waals surface area (Å²) in [5.41, 5.74) is 2.67. The molecule has 0 spiro atoms. The monoisotopic (exact) mass is 333 g/mol. The molecule has 2 aromatic carbocycles. The number of anilines is 3. The van der Waals surface area contributed by atoms with Crippen molar-refractivity contribution in [3.05, 3.63) is 78.6 Å². The van der Waals surface area contributed by atoms with E-state index in [4.69, 9.17) is 4.74 Å². The van der Waals surface area contributed by atoms with Crippen molar-refractivity contribution in [3.63, 3.8) is 0 Å². The lowest BCUT2D eigenvalue weighted by Gasteiger charge is -2.12. The van der Waals surface area contributed by atoms with Crippen molar-refractivity contribution < 1.29 is 9.53 Å². The number of aromatic nitrogens is 1. The van der Waals surface area contributed by atoms with E-state index in [2.05, 4.69) is 15.6 Å². The summed E-state index contributed by atoms with van der Waals surface area (Å²) in [4.78, 5) is 16.5. The van der Waals surface area contributed by atoms with Crippen molar-refractivity contribution in [1.82, 2.24) is 4.98 Å². The van der Waals surface area contributed by atoms with E-state index in [9.17, 15) is 4.79 Å². The summed E-state index contributed by atoms with van der Waals surface area (Å²) in [5, 5.41) is 6.10. The molecule has 5 heteroatoms. The molecule has 3 rings (SSSR count). The minimum absolute atomic E-state index is 0.257. The van der Waals surface area contributed by atoms with Gasteiger partial charge in [0.25, 0.3) is 5.91 Å². The Bertz CT molecular complexity index is 850. The van der Waals surface area contributed by atoms with Crippen molar-refractivity contribution in [2.75, 3.05) is 17.2 Å². The summed E-state index contributed by atoms with van der Waals surface area (Å²) in [6, 6.07) is 20.5. The van der Waals surface area contributed by atoms with E-state index in [1.54, 1.807) is 12.3 Å². The van der Waals surface area contributed by atoms with E-state index in [0.29, 0.717) is 12.3 Å². The van der Waals surface area contributed by atoms with Crippen LogP contribution in [0.15, 0.2) is 72.9 Å². The van der Waals surface area contributed by atoms with Gasteiger partial charge in [-0.1, -0.05) is 30.3 Å². The summed E-state index contributed by atoms with van der Waals surface area (Å²) < 4.78 is 5.61. The Balaban J connectivity index is 1.77. The van der Waals surface area contributed by atoms with Crippen LogP contribution >= 0.6 is 0 Å². The second-order valence-corrected chi connectivity index (χ2v) is 5.30. The number of carbonyl (C=O) groups excluding carboxylic acids is 1. The Kier molecular flexibility index (Phi) is 5.26. The molecule has 0 radical (unpaired) electrons. The van der Waals surface area contributed by atoms with Gasteiger partial charge < -0.3 is 15.4 Å². The highest BCUT2D eigenvalue weighted by molar-refractivity contribution is 6.03. The van der Waals surface area contributed by atoms with Gasteiger partial charge in [-0.3, -0.25) is 9.78 Å². The normalized spacial score (nSPS) is 10.1. The predicted molar refractivity (Wildman–Crippen MR) is 99.5 cm³/mol. The second-order valence-electron chi connectivity index (χ2n) is 5.30. The van der Waals surface area contributed by atoms with Crippen molar-refractivity contribution in [2.24, 2.45) is 0 Å². The zero-order valence-electron chi connectivity index (χ0n) is 13.9. The summed E-state index contributed by atoms with van der Waals surface area (Å²) >= 11 is 0. The third-order valence-electron chi connectivity index (χ3n) is 3.49. The molecule has 0 saturated heterocycles. The first-order valence-corrected chi connectivity index (χ1v) is 8.07. The molecular formula is C20H19N3O2. The minimum atomic E-state index is -0.257. The van der Waals surface area contributed by atoms with Crippen molar-refractivity contribution in [2.45, 2.75) is 6.92 Å². The zero-order valence-corrected chi connectivity index (χ0v) is 13.9. The van der Waals surface area contributed by atoms with E-state index in [0.717, 1.165) is 22.8 Å². The van der Waals surface area contributed by atoms with Gasteiger partial charge in [-0.15, -0.1) is 0 Å². The number of rotatable bonds is 6. The molecule has 3 aromatic rings.